The normalized spacial score (nSPS) is 10.6. The molecule has 2 aromatic carbocycles. The van der Waals surface area contributed by atoms with E-state index in [4.69, 9.17) is 4.74 Å². The summed E-state index contributed by atoms with van der Waals surface area (Å²) < 4.78 is 5.31. The molecule has 5 nitrogen and oxygen atoms in total. The van der Waals surface area contributed by atoms with Crippen molar-refractivity contribution in [3.63, 3.8) is 0 Å². The van der Waals surface area contributed by atoms with Crippen LogP contribution in [0.1, 0.15) is 11.1 Å². The summed E-state index contributed by atoms with van der Waals surface area (Å²) in [6.45, 7) is 1.14. The Labute approximate surface area is 136 Å². The summed E-state index contributed by atoms with van der Waals surface area (Å²) in [5.41, 5.74) is 2.26. The minimum atomic E-state index is -0.229. The molecule has 2 rings (SSSR count). The van der Waals surface area contributed by atoms with Gasteiger partial charge in [0.15, 0.2) is 18.1 Å². The monoisotopic (exact) mass is 314 g/mol. The fraction of sp³-hybridized carbons (Fsp3) is 0.278. The SMILES string of the molecule is CN(C)Cc1ccccc1CNC(=O)COc1ccccc1O. The fourth-order valence-corrected chi connectivity index (χ4v) is 2.19. The van der Waals surface area contributed by atoms with E-state index in [9.17, 15) is 9.90 Å². The van der Waals surface area contributed by atoms with Crippen LogP contribution in [0.5, 0.6) is 11.5 Å². The van der Waals surface area contributed by atoms with Gasteiger partial charge in [0, 0.05) is 13.1 Å². The summed E-state index contributed by atoms with van der Waals surface area (Å²) >= 11 is 0. The second kappa shape index (κ2) is 8.19. The van der Waals surface area contributed by atoms with Gasteiger partial charge in [-0.25, -0.2) is 0 Å². The van der Waals surface area contributed by atoms with Crippen LogP contribution in [0.4, 0.5) is 0 Å². The molecule has 122 valence electrons. The number of hydrogen-bond donors (Lipinski definition) is 2. The Morgan fingerprint density at radius 2 is 1.74 bits per heavy atom. The van der Waals surface area contributed by atoms with Crippen molar-refractivity contribution in [3.8, 4) is 11.5 Å². The maximum Gasteiger partial charge on any atom is 0.258 e. The molecule has 0 spiro atoms. The number of hydrogen-bond acceptors (Lipinski definition) is 4. The van der Waals surface area contributed by atoms with Crippen LogP contribution in [-0.2, 0) is 17.9 Å². The van der Waals surface area contributed by atoms with Crippen molar-refractivity contribution in [2.75, 3.05) is 20.7 Å². The first-order valence-corrected chi connectivity index (χ1v) is 7.45. The molecular weight excluding hydrogens is 292 g/mol. The number of aromatic hydroxyl groups is 1. The van der Waals surface area contributed by atoms with Gasteiger partial charge in [-0.15, -0.1) is 0 Å². The topological polar surface area (TPSA) is 61.8 Å². The number of amides is 1. The highest BCUT2D eigenvalue weighted by Gasteiger charge is 2.08. The highest BCUT2D eigenvalue weighted by molar-refractivity contribution is 5.77. The van der Waals surface area contributed by atoms with E-state index in [0.717, 1.165) is 12.1 Å². The van der Waals surface area contributed by atoms with E-state index in [1.54, 1.807) is 18.2 Å². The average Bonchev–Trinajstić information content (AvgIpc) is 2.53. The molecule has 0 bridgehead atoms. The zero-order valence-electron chi connectivity index (χ0n) is 13.5. The first-order valence-electron chi connectivity index (χ1n) is 7.45. The number of phenols is 1. The zero-order valence-corrected chi connectivity index (χ0v) is 13.5. The highest BCUT2D eigenvalue weighted by Crippen LogP contribution is 2.23. The average molecular weight is 314 g/mol. The molecule has 0 unspecified atom stereocenters. The Balaban J connectivity index is 1.86. The summed E-state index contributed by atoms with van der Waals surface area (Å²) in [6.07, 6.45) is 0. The largest absolute Gasteiger partial charge is 0.504 e. The van der Waals surface area contributed by atoms with Crippen LogP contribution < -0.4 is 10.1 Å². The standard InChI is InChI=1S/C18H22N2O3/c1-20(2)12-15-8-4-3-7-14(15)11-19-18(22)13-23-17-10-6-5-9-16(17)21/h3-10,21H,11-13H2,1-2H3,(H,19,22). The fourth-order valence-electron chi connectivity index (χ4n) is 2.19. The molecule has 0 saturated carbocycles. The number of carbonyl (C=O) groups is 1. The Kier molecular flexibility index (Phi) is 6.00. The Morgan fingerprint density at radius 1 is 1.09 bits per heavy atom. The quantitative estimate of drug-likeness (QED) is 0.822. The number of phenolic OH excluding ortho intramolecular Hbond substituents is 1. The lowest BCUT2D eigenvalue weighted by Crippen LogP contribution is -2.29. The van der Waals surface area contributed by atoms with Crippen molar-refractivity contribution in [2.24, 2.45) is 0 Å². The smallest absolute Gasteiger partial charge is 0.258 e. The number of para-hydroxylation sites is 2. The third-order valence-electron chi connectivity index (χ3n) is 3.30. The van der Waals surface area contributed by atoms with E-state index < -0.39 is 0 Å². The molecule has 1 amide bonds. The summed E-state index contributed by atoms with van der Waals surface area (Å²) in [5.74, 6) is 0.0974. The molecule has 0 saturated heterocycles. The number of rotatable bonds is 7. The van der Waals surface area contributed by atoms with Gasteiger partial charge in [0.2, 0.25) is 0 Å². The summed E-state index contributed by atoms with van der Waals surface area (Å²) in [5, 5.41) is 12.4. The Hall–Kier alpha value is -2.53. The lowest BCUT2D eigenvalue weighted by atomic mass is 10.1. The third-order valence-corrected chi connectivity index (χ3v) is 3.30. The molecule has 5 heteroatoms. The summed E-state index contributed by atoms with van der Waals surface area (Å²) in [4.78, 5) is 14.0. The molecule has 0 aliphatic rings. The molecule has 0 radical (unpaired) electrons. The van der Waals surface area contributed by atoms with Crippen molar-refractivity contribution < 1.29 is 14.6 Å². The molecule has 2 N–H and O–H groups in total. The second-order valence-corrected chi connectivity index (χ2v) is 5.54. The van der Waals surface area contributed by atoms with Gasteiger partial charge in [0.05, 0.1) is 0 Å². The molecule has 0 aliphatic carbocycles. The first-order chi connectivity index (χ1) is 11.1. The van der Waals surface area contributed by atoms with Crippen LogP contribution in [0.25, 0.3) is 0 Å². The van der Waals surface area contributed by atoms with Crippen LogP contribution in [0.2, 0.25) is 0 Å². The van der Waals surface area contributed by atoms with Crippen LogP contribution in [0.15, 0.2) is 48.5 Å². The van der Waals surface area contributed by atoms with Crippen molar-refractivity contribution in [1.82, 2.24) is 10.2 Å². The molecular formula is C18H22N2O3. The van der Waals surface area contributed by atoms with E-state index in [0.29, 0.717) is 12.3 Å². The van der Waals surface area contributed by atoms with Crippen LogP contribution in [-0.4, -0.2) is 36.6 Å². The van der Waals surface area contributed by atoms with Gasteiger partial charge in [-0.3, -0.25) is 4.79 Å². The van der Waals surface area contributed by atoms with Crippen molar-refractivity contribution in [1.29, 1.82) is 0 Å². The van der Waals surface area contributed by atoms with Gasteiger partial charge < -0.3 is 20.1 Å². The van der Waals surface area contributed by atoms with Gasteiger partial charge in [0.1, 0.15) is 0 Å². The summed E-state index contributed by atoms with van der Waals surface area (Å²) in [6, 6.07) is 14.6. The van der Waals surface area contributed by atoms with Gasteiger partial charge in [-0.1, -0.05) is 36.4 Å². The molecule has 0 heterocycles. The van der Waals surface area contributed by atoms with Crippen LogP contribution in [0.3, 0.4) is 0 Å². The molecule has 23 heavy (non-hydrogen) atoms. The maximum atomic E-state index is 11.9. The minimum absolute atomic E-state index is 0.0247. The van der Waals surface area contributed by atoms with Crippen molar-refractivity contribution in [2.45, 2.75) is 13.1 Å². The minimum Gasteiger partial charge on any atom is -0.504 e. The van der Waals surface area contributed by atoms with E-state index >= 15 is 0 Å². The zero-order chi connectivity index (χ0) is 16.7. The lowest BCUT2D eigenvalue weighted by molar-refractivity contribution is -0.123. The number of nitrogens with zero attached hydrogens (tertiary/aromatic N) is 1. The summed E-state index contributed by atoms with van der Waals surface area (Å²) in [7, 11) is 4.02. The predicted molar refractivity (Wildman–Crippen MR) is 89.3 cm³/mol. The van der Waals surface area contributed by atoms with Crippen LogP contribution >= 0.6 is 0 Å². The molecule has 0 fully saturated rings. The van der Waals surface area contributed by atoms with E-state index in [1.807, 2.05) is 32.3 Å². The lowest BCUT2D eigenvalue weighted by Gasteiger charge is -2.15. The number of carbonyl (C=O) groups excluding carboxylic acids is 1. The third kappa shape index (κ3) is 5.30. The van der Waals surface area contributed by atoms with Gasteiger partial charge >= 0.3 is 0 Å². The van der Waals surface area contributed by atoms with E-state index in [-0.39, 0.29) is 18.3 Å². The first kappa shape index (κ1) is 16.8. The number of nitrogens with one attached hydrogen (secondary N) is 1. The van der Waals surface area contributed by atoms with E-state index in [2.05, 4.69) is 16.3 Å². The molecule has 0 aromatic heterocycles. The van der Waals surface area contributed by atoms with Gasteiger partial charge in [0.25, 0.3) is 5.91 Å². The molecule has 0 aliphatic heterocycles. The van der Waals surface area contributed by atoms with E-state index in [1.165, 1.54) is 11.6 Å². The van der Waals surface area contributed by atoms with Gasteiger partial charge in [-0.2, -0.15) is 0 Å². The maximum absolute atomic E-state index is 11.9. The Morgan fingerprint density at radius 3 is 2.43 bits per heavy atom. The van der Waals surface area contributed by atoms with Crippen molar-refractivity contribution >= 4 is 5.91 Å². The van der Waals surface area contributed by atoms with Crippen molar-refractivity contribution in [3.05, 3.63) is 59.7 Å². The highest BCUT2D eigenvalue weighted by atomic mass is 16.5. The molecule has 2 aromatic rings. The van der Waals surface area contributed by atoms with Gasteiger partial charge in [-0.05, 0) is 37.4 Å². The predicted octanol–water partition coefficient (Wildman–Crippen LogP) is 2.15. The number of ether oxygens (including phenoxy) is 1. The molecule has 0 atom stereocenters. The number of benzene rings is 2. The Bertz CT molecular complexity index is 656. The van der Waals surface area contributed by atoms with Crippen LogP contribution in [0, 0.1) is 0 Å². The second-order valence-electron chi connectivity index (χ2n) is 5.54.